The molecule has 14 heteroatoms. The SMILES string of the molecule is CCN(CC)P1(=O)c2cc(C)ccc2N2c3ccc(C)cc3P(C)(=O)c3cc(C)cc1c32.CCN(CC)P1(=S)c2cc(C)ccc2N2c3ccc(C)cc3P(C)(=S)c3cc(C)cc1c32.ClCCl. The van der Waals surface area contributed by atoms with Crippen LogP contribution in [0.2, 0.25) is 0 Å². The van der Waals surface area contributed by atoms with E-state index in [-0.39, 0.29) is 5.34 Å². The number of anilines is 6. The highest BCUT2D eigenvalue weighted by Gasteiger charge is 2.50. The van der Waals surface area contributed by atoms with Gasteiger partial charge in [-0.1, -0.05) is 97.8 Å². The number of hydrogen-bond acceptors (Lipinski definition) is 6. The van der Waals surface area contributed by atoms with E-state index in [2.05, 4.69) is 172 Å². The molecule has 4 atom stereocenters. The highest BCUT2D eigenvalue weighted by atomic mass is 35.5. The fourth-order valence-corrected chi connectivity index (χ4v) is 24.8. The maximum Gasteiger partial charge on any atom is 0.211 e. The van der Waals surface area contributed by atoms with E-state index in [1.165, 1.54) is 55.0 Å². The van der Waals surface area contributed by atoms with Crippen molar-refractivity contribution in [2.24, 2.45) is 0 Å². The van der Waals surface area contributed by atoms with Crippen molar-refractivity contribution in [3.05, 3.63) is 130 Å². The Balaban J connectivity index is 0.000000172. The van der Waals surface area contributed by atoms with Gasteiger partial charge in [-0.15, -0.1) is 23.2 Å². The van der Waals surface area contributed by atoms with Gasteiger partial charge in [-0.2, -0.15) is 0 Å². The highest BCUT2D eigenvalue weighted by Crippen LogP contribution is 2.63. The predicted octanol–water partition coefficient (Wildman–Crippen LogP) is 12.1. The molecule has 352 valence electrons. The molecule has 67 heavy (non-hydrogen) atoms. The summed E-state index contributed by atoms with van der Waals surface area (Å²) in [6.45, 7) is 28.7. The summed E-state index contributed by atoms with van der Waals surface area (Å²) in [5.41, 5.74) is 13.5. The molecule has 0 radical (unpaired) electrons. The molecule has 0 saturated carbocycles. The quantitative estimate of drug-likeness (QED) is 0.121. The van der Waals surface area contributed by atoms with Gasteiger partial charge in [-0.3, -0.25) is 9.24 Å². The van der Waals surface area contributed by atoms with Crippen molar-refractivity contribution in [2.45, 2.75) is 69.2 Å². The second-order valence-electron chi connectivity index (χ2n) is 18.3. The van der Waals surface area contributed by atoms with E-state index in [1.54, 1.807) is 0 Å². The zero-order valence-corrected chi connectivity index (χ0v) is 47.5. The fourth-order valence-electron chi connectivity index (χ4n) is 10.6. The average molecular weight is 1050 g/mol. The molecule has 6 nitrogen and oxygen atoms in total. The lowest BCUT2D eigenvalue weighted by atomic mass is 10.1. The Kier molecular flexibility index (Phi) is 14.1. The summed E-state index contributed by atoms with van der Waals surface area (Å²) < 4.78 is 34.2. The first-order valence-corrected chi connectivity index (χ1v) is 33.9. The predicted molar refractivity (Wildman–Crippen MR) is 306 cm³/mol. The molecule has 10 rings (SSSR count). The average Bonchev–Trinajstić information content (AvgIpc) is 3.28. The van der Waals surface area contributed by atoms with Crippen LogP contribution in [-0.2, 0) is 32.7 Å². The Labute approximate surface area is 419 Å². The van der Waals surface area contributed by atoms with Gasteiger partial charge in [0.2, 0.25) is 7.29 Å². The Bertz CT molecular complexity index is 3000. The molecule has 4 aliphatic rings. The van der Waals surface area contributed by atoms with E-state index in [0.29, 0.717) is 13.1 Å². The molecule has 0 amide bonds. The van der Waals surface area contributed by atoms with Crippen molar-refractivity contribution in [3.8, 4) is 0 Å². The van der Waals surface area contributed by atoms with Gasteiger partial charge in [0.15, 0.2) is 0 Å². The summed E-state index contributed by atoms with van der Waals surface area (Å²) >= 11 is 22.8. The van der Waals surface area contributed by atoms with E-state index in [4.69, 9.17) is 46.8 Å². The first-order valence-electron chi connectivity index (χ1n) is 23.0. The van der Waals surface area contributed by atoms with Crippen LogP contribution < -0.4 is 52.2 Å². The topological polar surface area (TPSA) is 47.1 Å². The van der Waals surface area contributed by atoms with Crippen LogP contribution in [0.15, 0.2) is 97.1 Å². The first-order chi connectivity index (χ1) is 31.7. The molecule has 0 N–H and O–H groups in total. The van der Waals surface area contributed by atoms with E-state index in [0.717, 1.165) is 68.1 Å². The summed E-state index contributed by atoms with van der Waals surface area (Å²) in [7, 11) is -5.98. The lowest BCUT2D eigenvalue weighted by Crippen LogP contribution is -2.46. The van der Waals surface area contributed by atoms with E-state index >= 15 is 4.57 Å². The van der Waals surface area contributed by atoms with Crippen LogP contribution in [-0.4, -0.2) is 54.2 Å². The Hall–Kier alpha value is -2.82. The number of rotatable bonds is 6. The third-order valence-corrected chi connectivity index (χ3v) is 28.6. The Morgan fingerprint density at radius 3 is 1.28 bits per heavy atom. The molecule has 6 aromatic carbocycles. The summed E-state index contributed by atoms with van der Waals surface area (Å²) in [6.07, 6.45) is -2.18. The number of alkyl halides is 2. The standard InChI is InChI=1S/C26H30N2O2P2.C26H30N2P2S2.CH2Cl2/c1-7-27(8-2)32(30)23-14-18(4)10-12-21(23)28-20-11-9-17(3)13-22(20)31(6,29)24-15-19(5)16-25(32)26(24)28;1-7-27(8-2)30(32)23-14-18(4)10-12-21(23)28-20-11-9-17(3)13-22(20)29(6,31)24-15-19(5)16-25(30)26(24)28;2-1-3/h2*9-16H,7-8H2,1-6H3;1H2. The van der Waals surface area contributed by atoms with Gasteiger partial charge in [0.25, 0.3) is 0 Å². The molecule has 4 aliphatic heterocycles. The molecule has 0 fully saturated rings. The second kappa shape index (κ2) is 18.7. The number of hydrogen-bond donors (Lipinski definition) is 0. The first kappa shape index (κ1) is 50.6. The Morgan fingerprint density at radius 2 is 0.791 bits per heavy atom. The monoisotopic (exact) mass is 1040 g/mol. The van der Waals surface area contributed by atoms with E-state index in [1.807, 2.05) is 26.6 Å². The molecule has 0 aliphatic carbocycles. The van der Waals surface area contributed by atoms with Crippen molar-refractivity contribution in [1.29, 1.82) is 0 Å². The van der Waals surface area contributed by atoms with Gasteiger partial charge >= 0.3 is 0 Å². The lowest BCUT2D eigenvalue weighted by molar-refractivity contribution is 0.458. The van der Waals surface area contributed by atoms with Crippen molar-refractivity contribution >= 4 is 150 Å². The highest BCUT2D eigenvalue weighted by molar-refractivity contribution is 8.22. The maximum atomic E-state index is 15.2. The van der Waals surface area contributed by atoms with Gasteiger partial charge in [0, 0.05) is 64.0 Å². The van der Waals surface area contributed by atoms with Crippen LogP contribution in [0.5, 0.6) is 0 Å². The van der Waals surface area contributed by atoms with Crippen LogP contribution >= 0.6 is 49.9 Å². The summed E-state index contributed by atoms with van der Waals surface area (Å²) in [4.78, 5) is 4.70. The minimum Gasteiger partial charge on any atom is -0.314 e. The van der Waals surface area contributed by atoms with Gasteiger partial charge in [-0.05, 0) is 139 Å². The number of nitrogens with zero attached hydrogens (tertiary/aromatic N) is 4. The van der Waals surface area contributed by atoms with Crippen molar-refractivity contribution in [1.82, 2.24) is 9.34 Å². The number of halogens is 2. The summed E-state index contributed by atoms with van der Waals surface area (Å²) in [5, 5.41) is 8.89. The van der Waals surface area contributed by atoms with Crippen LogP contribution in [0.25, 0.3) is 0 Å². The molecule has 0 bridgehead atoms. The normalized spacial score (nSPS) is 22.3. The van der Waals surface area contributed by atoms with Crippen molar-refractivity contribution in [2.75, 3.05) is 54.6 Å². The molecule has 0 saturated heterocycles. The van der Waals surface area contributed by atoms with Gasteiger partial charge in [0.05, 0.1) is 56.3 Å². The minimum absolute atomic E-state index is 0.194. The summed E-state index contributed by atoms with van der Waals surface area (Å²) in [5.74, 6) is 0. The van der Waals surface area contributed by atoms with Crippen LogP contribution in [0.1, 0.15) is 61.1 Å². The minimum atomic E-state index is -3.11. The molecular formula is C53H62Cl2N4O2P4S2. The third kappa shape index (κ3) is 7.89. The van der Waals surface area contributed by atoms with Crippen molar-refractivity contribution < 1.29 is 9.13 Å². The van der Waals surface area contributed by atoms with Crippen LogP contribution in [0.3, 0.4) is 0 Å². The van der Waals surface area contributed by atoms with Gasteiger partial charge in [0.1, 0.15) is 7.14 Å². The van der Waals surface area contributed by atoms with Crippen molar-refractivity contribution in [3.63, 3.8) is 0 Å². The second-order valence-corrected chi connectivity index (χ2v) is 33.9. The number of benzene rings is 6. The zero-order chi connectivity index (χ0) is 48.7. The third-order valence-electron chi connectivity index (χ3n) is 13.8. The number of aryl methyl sites for hydroxylation is 6. The largest absolute Gasteiger partial charge is 0.314 e. The van der Waals surface area contributed by atoms with E-state index in [9.17, 15) is 4.57 Å². The molecular weight excluding hydrogens is 984 g/mol. The fraction of sp³-hybridized carbons (Fsp3) is 0.321. The Morgan fingerprint density at radius 1 is 0.448 bits per heavy atom. The smallest absolute Gasteiger partial charge is 0.211 e. The molecule has 0 spiro atoms. The number of fused-ring (bicyclic) bond motifs is 8. The molecule has 6 aromatic rings. The molecule has 4 heterocycles. The van der Waals surface area contributed by atoms with Gasteiger partial charge < -0.3 is 14.4 Å². The van der Waals surface area contributed by atoms with E-state index < -0.39 is 26.7 Å². The maximum absolute atomic E-state index is 15.2. The lowest BCUT2D eigenvalue weighted by Gasteiger charge is -2.48. The van der Waals surface area contributed by atoms with Crippen LogP contribution in [0.4, 0.5) is 34.1 Å². The van der Waals surface area contributed by atoms with Gasteiger partial charge in [-0.25, -0.2) is 4.67 Å². The zero-order valence-electron chi connectivity index (χ0n) is 40.7. The summed E-state index contributed by atoms with van der Waals surface area (Å²) in [6, 6.07) is 33.0. The molecule has 0 aromatic heterocycles. The van der Waals surface area contributed by atoms with Crippen LogP contribution in [0, 0.1) is 41.5 Å². The molecule has 4 unspecified atom stereocenters.